The van der Waals surface area contributed by atoms with Crippen LogP contribution in [-0.2, 0) is 11.8 Å². The van der Waals surface area contributed by atoms with E-state index in [1.54, 1.807) is 6.20 Å². The number of amides is 1. The molecule has 0 bridgehead atoms. The van der Waals surface area contributed by atoms with Gasteiger partial charge in [-0.3, -0.25) is 4.79 Å². The molecule has 1 amide bonds. The lowest BCUT2D eigenvalue weighted by Gasteiger charge is -2.27. The first kappa shape index (κ1) is 15.2. The van der Waals surface area contributed by atoms with Gasteiger partial charge in [-0.1, -0.05) is 17.8 Å². The lowest BCUT2D eigenvalue weighted by molar-refractivity contribution is -0.131. The predicted molar refractivity (Wildman–Crippen MR) is 88.7 cm³/mol. The first-order valence-electron chi connectivity index (χ1n) is 7.66. The van der Waals surface area contributed by atoms with Gasteiger partial charge in [-0.05, 0) is 44.0 Å². The fourth-order valence-electron chi connectivity index (χ4n) is 3.04. The van der Waals surface area contributed by atoms with Gasteiger partial charge in [0.25, 0.3) is 0 Å². The first-order valence-corrected chi connectivity index (χ1v) is 8.54. The molecule has 22 heavy (non-hydrogen) atoms. The van der Waals surface area contributed by atoms with Gasteiger partial charge in [0, 0.05) is 31.7 Å². The highest BCUT2D eigenvalue weighted by atomic mass is 32.2. The van der Waals surface area contributed by atoms with Crippen molar-refractivity contribution in [3.8, 4) is 0 Å². The van der Waals surface area contributed by atoms with Crippen LogP contribution in [0.2, 0.25) is 0 Å². The molecule has 3 rings (SSSR count). The van der Waals surface area contributed by atoms with E-state index >= 15 is 0 Å². The monoisotopic (exact) mass is 315 g/mol. The maximum Gasteiger partial charge on any atom is 0.236 e. The lowest BCUT2D eigenvalue weighted by atomic mass is 10.1. The number of likely N-dealkylation sites (tertiary alicyclic amines) is 1. The van der Waals surface area contributed by atoms with Crippen molar-refractivity contribution in [1.29, 1.82) is 0 Å². The molecule has 0 saturated carbocycles. The smallest absolute Gasteiger partial charge is 0.236 e. The minimum atomic E-state index is -0.115. The second-order valence-corrected chi connectivity index (χ2v) is 7.02. The Balaban J connectivity index is 1.72. The van der Waals surface area contributed by atoms with Crippen LogP contribution in [0.3, 0.4) is 0 Å². The number of hydrogen-bond acceptors (Lipinski definition) is 3. The third kappa shape index (κ3) is 3.04. The molecule has 2 aromatic rings. The summed E-state index contributed by atoms with van der Waals surface area (Å²) in [7, 11) is 2.04. The van der Waals surface area contributed by atoms with E-state index in [4.69, 9.17) is 0 Å². The predicted octanol–water partition coefficient (Wildman–Crippen LogP) is 3.26. The molecule has 1 saturated heterocycles. The van der Waals surface area contributed by atoms with E-state index in [1.165, 1.54) is 17.5 Å². The number of carbonyl (C=O) groups excluding carboxylic acids is 1. The average Bonchev–Trinajstić information content (AvgIpc) is 3.15. The van der Waals surface area contributed by atoms with E-state index in [1.807, 2.05) is 49.3 Å². The van der Waals surface area contributed by atoms with Crippen molar-refractivity contribution in [2.24, 2.45) is 7.05 Å². The summed E-state index contributed by atoms with van der Waals surface area (Å²) in [6, 6.07) is 10.2. The quantitative estimate of drug-likeness (QED) is 0.813. The van der Waals surface area contributed by atoms with Gasteiger partial charge in [0.15, 0.2) is 0 Å². The van der Waals surface area contributed by atoms with E-state index in [-0.39, 0.29) is 17.2 Å². The second kappa shape index (κ2) is 6.57. The van der Waals surface area contributed by atoms with Crippen molar-refractivity contribution < 1.29 is 4.79 Å². The first-order chi connectivity index (χ1) is 10.7. The van der Waals surface area contributed by atoms with Crippen LogP contribution >= 0.6 is 11.8 Å². The van der Waals surface area contributed by atoms with Crippen molar-refractivity contribution in [3.05, 3.63) is 48.4 Å². The van der Waals surface area contributed by atoms with Crippen molar-refractivity contribution in [2.75, 3.05) is 6.54 Å². The molecule has 2 aromatic heterocycles. The average molecular weight is 315 g/mol. The third-order valence-electron chi connectivity index (χ3n) is 4.14. The summed E-state index contributed by atoms with van der Waals surface area (Å²) in [5, 5.41) is 0.786. The highest BCUT2D eigenvalue weighted by Gasteiger charge is 2.33. The van der Waals surface area contributed by atoms with Gasteiger partial charge < -0.3 is 9.47 Å². The summed E-state index contributed by atoms with van der Waals surface area (Å²) >= 11 is 1.53. The Kier molecular flexibility index (Phi) is 4.52. The van der Waals surface area contributed by atoms with Crippen LogP contribution in [0.15, 0.2) is 47.8 Å². The van der Waals surface area contributed by atoms with Crippen LogP contribution in [-0.4, -0.2) is 32.2 Å². The molecule has 116 valence electrons. The molecular weight excluding hydrogens is 294 g/mol. The molecule has 0 aromatic carbocycles. The maximum atomic E-state index is 12.8. The van der Waals surface area contributed by atoms with Crippen molar-refractivity contribution in [3.63, 3.8) is 0 Å². The van der Waals surface area contributed by atoms with Crippen LogP contribution in [0.25, 0.3) is 0 Å². The minimum absolute atomic E-state index is 0.115. The van der Waals surface area contributed by atoms with Gasteiger partial charge in [0.05, 0.1) is 16.3 Å². The number of carbonyl (C=O) groups is 1. The molecule has 5 heteroatoms. The highest BCUT2D eigenvalue weighted by molar-refractivity contribution is 8.00. The Hall–Kier alpha value is -1.75. The largest absolute Gasteiger partial charge is 0.353 e. The van der Waals surface area contributed by atoms with Crippen molar-refractivity contribution >= 4 is 17.7 Å². The molecule has 2 atom stereocenters. The summed E-state index contributed by atoms with van der Waals surface area (Å²) in [6.07, 6.45) is 5.93. The summed E-state index contributed by atoms with van der Waals surface area (Å²) in [5.74, 6) is 0.208. The van der Waals surface area contributed by atoms with E-state index < -0.39 is 0 Å². The molecule has 0 aliphatic carbocycles. The molecule has 0 N–H and O–H groups in total. The number of pyridine rings is 1. The number of nitrogens with zero attached hydrogens (tertiary/aromatic N) is 3. The summed E-state index contributed by atoms with van der Waals surface area (Å²) in [4.78, 5) is 19.2. The van der Waals surface area contributed by atoms with Crippen molar-refractivity contribution in [1.82, 2.24) is 14.5 Å². The zero-order valence-electron chi connectivity index (χ0n) is 13.0. The van der Waals surface area contributed by atoms with E-state index in [0.717, 1.165) is 24.4 Å². The normalized spacial score (nSPS) is 19.4. The van der Waals surface area contributed by atoms with Gasteiger partial charge >= 0.3 is 0 Å². The summed E-state index contributed by atoms with van der Waals surface area (Å²) < 4.78 is 2.12. The standard InChI is InChI=1S/C17H21N3OS/c1-13(22-16-9-3-4-10-18-16)17(21)20-12-6-8-15(20)14-7-5-11-19(14)2/h3-5,7,9-11,13,15H,6,8,12H2,1-2H3/t13-,15-/m0/s1. The van der Waals surface area contributed by atoms with Crippen molar-refractivity contribution in [2.45, 2.75) is 36.1 Å². The Bertz CT molecular complexity index is 640. The fraction of sp³-hybridized carbons (Fsp3) is 0.412. The molecule has 1 aliphatic heterocycles. The van der Waals surface area contributed by atoms with E-state index in [0.29, 0.717) is 0 Å². The molecule has 3 heterocycles. The number of aromatic nitrogens is 2. The van der Waals surface area contributed by atoms with Crippen LogP contribution in [0.5, 0.6) is 0 Å². The van der Waals surface area contributed by atoms with Gasteiger partial charge in [0.2, 0.25) is 5.91 Å². The Labute approximate surface area is 135 Å². The Morgan fingerprint density at radius 2 is 2.23 bits per heavy atom. The maximum absolute atomic E-state index is 12.8. The summed E-state index contributed by atoms with van der Waals surface area (Å²) in [5.41, 5.74) is 1.22. The van der Waals surface area contributed by atoms with Gasteiger partial charge in [-0.25, -0.2) is 4.98 Å². The molecule has 0 radical (unpaired) electrons. The Morgan fingerprint density at radius 3 is 2.91 bits per heavy atom. The van der Waals surface area contributed by atoms with Gasteiger partial charge in [-0.15, -0.1) is 0 Å². The highest BCUT2D eigenvalue weighted by Crippen LogP contribution is 2.34. The van der Waals surface area contributed by atoms with Gasteiger partial charge in [-0.2, -0.15) is 0 Å². The van der Waals surface area contributed by atoms with Crippen LogP contribution in [0.4, 0.5) is 0 Å². The van der Waals surface area contributed by atoms with Crippen LogP contribution < -0.4 is 0 Å². The molecular formula is C17H21N3OS. The number of thioether (sulfide) groups is 1. The molecule has 1 aliphatic rings. The minimum Gasteiger partial charge on any atom is -0.353 e. The number of aryl methyl sites for hydroxylation is 1. The number of rotatable bonds is 4. The zero-order valence-corrected chi connectivity index (χ0v) is 13.8. The van der Waals surface area contributed by atoms with Gasteiger partial charge in [0.1, 0.15) is 0 Å². The summed E-state index contributed by atoms with van der Waals surface area (Å²) in [6.45, 7) is 2.82. The van der Waals surface area contributed by atoms with E-state index in [9.17, 15) is 4.79 Å². The topological polar surface area (TPSA) is 38.1 Å². The SMILES string of the molecule is C[C@H](Sc1ccccn1)C(=O)N1CCC[C@H]1c1cccn1C. The van der Waals surface area contributed by atoms with Crippen LogP contribution in [0, 0.1) is 0 Å². The third-order valence-corrected chi connectivity index (χ3v) is 5.18. The molecule has 0 unspecified atom stereocenters. The molecule has 4 nitrogen and oxygen atoms in total. The second-order valence-electron chi connectivity index (χ2n) is 5.66. The van der Waals surface area contributed by atoms with Crippen LogP contribution in [0.1, 0.15) is 31.5 Å². The molecule has 0 spiro atoms. The molecule has 1 fully saturated rings. The number of hydrogen-bond donors (Lipinski definition) is 0. The fourth-order valence-corrected chi connectivity index (χ4v) is 3.92. The lowest BCUT2D eigenvalue weighted by Crippen LogP contribution is -2.36. The van der Waals surface area contributed by atoms with E-state index in [2.05, 4.69) is 15.6 Å². The zero-order chi connectivity index (χ0) is 15.5. The Morgan fingerprint density at radius 1 is 1.36 bits per heavy atom.